The molecule has 2 aromatic carbocycles. The van der Waals surface area contributed by atoms with Crippen LogP contribution in [-0.2, 0) is 17.5 Å². The van der Waals surface area contributed by atoms with Gasteiger partial charge in [0.05, 0.1) is 17.0 Å². The van der Waals surface area contributed by atoms with Gasteiger partial charge in [-0.3, -0.25) is 14.5 Å². The average Bonchev–Trinajstić information content (AvgIpc) is 2.84. The Bertz CT molecular complexity index is 894. The SMILES string of the molecule is O=C1S/C(=C/c2cccc(C(F)(F)F)c2)C(=O)N1Cc1ccc(Cl)cc1. The molecule has 1 aliphatic heterocycles. The van der Waals surface area contributed by atoms with E-state index in [1.807, 2.05) is 0 Å². The molecule has 0 aromatic heterocycles. The first-order chi connectivity index (χ1) is 12.2. The van der Waals surface area contributed by atoms with Crippen molar-refractivity contribution in [3.8, 4) is 0 Å². The first-order valence-corrected chi connectivity index (χ1v) is 8.60. The number of alkyl halides is 3. The van der Waals surface area contributed by atoms with Crippen molar-refractivity contribution in [2.75, 3.05) is 0 Å². The Kier molecular flexibility index (Phi) is 5.11. The van der Waals surface area contributed by atoms with E-state index >= 15 is 0 Å². The number of hydrogen-bond donors (Lipinski definition) is 0. The Morgan fingerprint density at radius 3 is 2.42 bits per heavy atom. The Morgan fingerprint density at radius 1 is 1.08 bits per heavy atom. The molecule has 1 heterocycles. The fourth-order valence-electron chi connectivity index (χ4n) is 2.36. The maximum absolute atomic E-state index is 12.8. The summed E-state index contributed by atoms with van der Waals surface area (Å²) >= 11 is 6.51. The van der Waals surface area contributed by atoms with Crippen LogP contribution in [0.4, 0.5) is 18.0 Å². The minimum atomic E-state index is -4.47. The van der Waals surface area contributed by atoms with E-state index in [9.17, 15) is 22.8 Å². The van der Waals surface area contributed by atoms with Crippen LogP contribution in [0.2, 0.25) is 5.02 Å². The van der Waals surface area contributed by atoms with Gasteiger partial charge in [-0.15, -0.1) is 0 Å². The highest BCUT2D eigenvalue weighted by Gasteiger charge is 2.35. The number of carbonyl (C=O) groups is 2. The molecule has 0 bridgehead atoms. The molecule has 0 aliphatic carbocycles. The van der Waals surface area contributed by atoms with E-state index in [1.165, 1.54) is 18.2 Å². The maximum atomic E-state index is 12.8. The molecule has 0 saturated carbocycles. The van der Waals surface area contributed by atoms with Crippen molar-refractivity contribution < 1.29 is 22.8 Å². The zero-order chi connectivity index (χ0) is 18.9. The number of halogens is 4. The van der Waals surface area contributed by atoms with Crippen LogP contribution in [0, 0.1) is 0 Å². The number of carbonyl (C=O) groups excluding carboxylic acids is 2. The minimum absolute atomic E-state index is 0.0712. The van der Waals surface area contributed by atoms with E-state index in [2.05, 4.69) is 0 Å². The zero-order valence-corrected chi connectivity index (χ0v) is 14.7. The van der Waals surface area contributed by atoms with Crippen LogP contribution in [0.3, 0.4) is 0 Å². The van der Waals surface area contributed by atoms with E-state index in [-0.39, 0.29) is 17.0 Å². The van der Waals surface area contributed by atoms with Crippen molar-refractivity contribution in [3.05, 3.63) is 75.1 Å². The summed E-state index contributed by atoms with van der Waals surface area (Å²) in [6.07, 6.45) is -3.18. The summed E-state index contributed by atoms with van der Waals surface area (Å²) < 4.78 is 38.4. The number of benzene rings is 2. The highest BCUT2D eigenvalue weighted by atomic mass is 35.5. The Labute approximate surface area is 156 Å². The van der Waals surface area contributed by atoms with Gasteiger partial charge in [0, 0.05) is 5.02 Å². The van der Waals surface area contributed by atoms with Crippen molar-refractivity contribution in [3.63, 3.8) is 0 Å². The highest BCUT2D eigenvalue weighted by Crippen LogP contribution is 2.35. The second kappa shape index (κ2) is 7.17. The zero-order valence-electron chi connectivity index (χ0n) is 13.1. The summed E-state index contributed by atoms with van der Waals surface area (Å²) in [4.78, 5) is 25.7. The summed E-state index contributed by atoms with van der Waals surface area (Å²) in [5.74, 6) is -0.535. The van der Waals surface area contributed by atoms with Crippen molar-refractivity contribution in [2.45, 2.75) is 12.7 Å². The summed E-state index contributed by atoms with van der Waals surface area (Å²) in [6, 6.07) is 11.3. The van der Waals surface area contributed by atoms with Crippen LogP contribution in [0.5, 0.6) is 0 Å². The van der Waals surface area contributed by atoms with Gasteiger partial charge in [-0.25, -0.2) is 0 Å². The van der Waals surface area contributed by atoms with Crippen molar-refractivity contribution in [2.24, 2.45) is 0 Å². The van der Waals surface area contributed by atoms with E-state index in [0.717, 1.165) is 22.6 Å². The lowest BCUT2D eigenvalue weighted by molar-refractivity contribution is -0.137. The van der Waals surface area contributed by atoms with Crippen molar-refractivity contribution >= 4 is 40.6 Å². The van der Waals surface area contributed by atoms with Crippen LogP contribution >= 0.6 is 23.4 Å². The normalized spacial score (nSPS) is 16.6. The average molecular weight is 398 g/mol. The predicted octanol–water partition coefficient (Wildman–Crippen LogP) is 5.60. The molecule has 0 radical (unpaired) electrons. The van der Waals surface area contributed by atoms with E-state index in [1.54, 1.807) is 24.3 Å². The van der Waals surface area contributed by atoms with Gasteiger partial charge < -0.3 is 0 Å². The molecular formula is C18H11ClF3NO2S. The molecule has 0 atom stereocenters. The lowest BCUT2D eigenvalue weighted by Gasteiger charge is -2.12. The number of imide groups is 1. The molecule has 1 fully saturated rings. The molecule has 2 amide bonds. The largest absolute Gasteiger partial charge is 0.416 e. The molecular weight excluding hydrogens is 387 g/mol. The topological polar surface area (TPSA) is 37.4 Å². The third kappa shape index (κ3) is 4.11. The molecule has 8 heteroatoms. The van der Waals surface area contributed by atoms with Gasteiger partial charge in [0.2, 0.25) is 0 Å². The second-order valence-electron chi connectivity index (χ2n) is 5.52. The van der Waals surface area contributed by atoms with Crippen molar-refractivity contribution in [1.82, 2.24) is 4.90 Å². The van der Waals surface area contributed by atoms with Crippen LogP contribution in [0.1, 0.15) is 16.7 Å². The summed E-state index contributed by atoms with van der Waals surface area (Å²) in [7, 11) is 0. The Morgan fingerprint density at radius 2 is 1.77 bits per heavy atom. The highest BCUT2D eigenvalue weighted by molar-refractivity contribution is 8.18. The van der Waals surface area contributed by atoms with Crippen LogP contribution in [0.25, 0.3) is 6.08 Å². The number of rotatable bonds is 3. The number of hydrogen-bond acceptors (Lipinski definition) is 3. The van der Waals surface area contributed by atoms with Crippen molar-refractivity contribution in [1.29, 1.82) is 0 Å². The minimum Gasteiger partial charge on any atom is -0.268 e. The monoisotopic (exact) mass is 397 g/mol. The predicted molar refractivity (Wildman–Crippen MR) is 94.4 cm³/mol. The molecule has 3 nitrogen and oxygen atoms in total. The summed E-state index contributed by atoms with van der Waals surface area (Å²) in [5.41, 5.74) is 0.112. The van der Waals surface area contributed by atoms with Crippen LogP contribution in [0.15, 0.2) is 53.4 Å². The molecule has 26 heavy (non-hydrogen) atoms. The van der Waals surface area contributed by atoms with E-state index in [0.29, 0.717) is 16.8 Å². The third-order valence-electron chi connectivity index (χ3n) is 3.64. The van der Waals surface area contributed by atoms with E-state index < -0.39 is 22.9 Å². The number of amides is 2. The van der Waals surface area contributed by atoms with Gasteiger partial charge in [0.1, 0.15) is 0 Å². The van der Waals surface area contributed by atoms with Gasteiger partial charge in [0.15, 0.2) is 0 Å². The number of thioether (sulfide) groups is 1. The quantitative estimate of drug-likeness (QED) is 0.633. The van der Waals surface area contributed by atoms with Gasteiger partial charge in [-0.2, -0.15) is 13.2 Å². The lowest BCUT2D eigenvalue weighted by atomic mass is 10.1. The third-order valence-corrected chi connectivity index (χ3v) is 4.80. The maximum Gasteiger partial charge on any atom is 0.416 e. The van der Waals surface area contributed by atoms with Gasteiger partial charge in [-0.1, -0.05) is 35.9 Å². The number of nitrogens with zero attached hydrogens (tertiary/aromatic N) is 1. The summed E-state index contributed by atoms with van der Waals surface area (Å²) in [5, 5.41) is 0.0653. The first-order valence-electron chi connectivity index (χ1n) is 7.41. The van der Waals surface area contributed by atoms with Gasteiger partial charge in [-0.05, 0) is 53.2 Å². The molecule has 0 spiro atoms. The fourth-order valence-corrected chi connectivity index (χ4v) is 3.33. The fraction of sp³-hybridized carbons (Fsp3) is 0.111. The molecule has 1 aliphatic rings. The standard InChI is InChI=1S/C18H11ClF3NO2S/c19-14-6-4-11(5-7-14)10-23-16(24)15(26-17(23)25)9-12-2-1-3-13(8-12)18(20,21)22/h1-9H,10H2/b15-9+. The molecule has 134 valence electrons. The van der Waals surface area contributed by atoms with Gasteiger partial charge in [0.25, 0.3) is 11.1 Å². The molecule has 0 N–H and O–H groups in total. The Hall–Kier alpha value is -2.25. The molecule has 2 aromatic rings. The second-order valence-corrected chi connectivity index (χ2v) is 6.95. The molecule has 0 unspecified atom stereocenters. The molecule has 3 rings (SSSR count). The van der Waals surface area contributed by atoms with Crippen LogP contribution in [-0.4, -0.2) is 16.0 Å². The van der Waals surface area contributed by atoms with Gasteiger partial charge >= 0.3 is 6.18 Å². The lowest BCUT2D eigenvalue weighted by Crippen LogP contribution is -2.27. The first kappa shape index (κ1) is 18.5. The summed E-state index contributed by atoms with van der Waals surface area (Å²) in [6.45, 7) is 0.0712. The van der Waals surface area contributed by atoms with E-state index in [4.69, 9.17) is 11.6 Å². The Balaban J connectivity index is 1.82. The van der Waals surface area contributed by atoms with Crippen LogP contribution < -0.4 is 0 Å². The molecule has 1 saturated heterocycles. The smallest absolute Gasteiger partial charge is 0.268 e.